The monoisotopic (exact) mass is 776 g/mol. The first-order chi connectivity index (χ1) is 25.8. The number of nitrogens with zero attached hydrogens (tertiary/aromatic N) is 3. The second-order valence-electron chi connectivity index (χ2n) is 14.7. The molecule has 4 atom stereocenters. The Morgan fingerprint density at radius 3 is 2.06 bits per heavy atom. The van der Waals surface area contributed by atoms with Crippen LogP contribution in [0.4, 0.5) is 9.59 Å². The van der Waals surface area contributed by atoms with E-state index in [0.717, 1.165) is 31.7 Å². The molecule has 2 aromatic carbocycles. The van der Waals surface area contributed by atoms with Crippen LogP contribution in [0.1, 0.15) is 91.5 Å². The summed E-state index contributed by atoms with van der Waals surface area (Å²) in [5.74, 6) is -0.00370. The summed E-state index contributed by atoms with van der Waals surface area (Å²) in [5.41, 5.74) is 2.84. The van der Waals surface area contributed by atoms with E-state index in [1.165, 1.54) is 11.3 Å². The summed E-state index contributed by atoms with van der Waals surface area (Å²) in [5, 5.41) is 24.8. The molecule has 0 saturated heterocycles. The highest BCUT2D eigenvalue weighted by Crippen LogP contribution is 2.22. The van der Waals surface area contributed by atoms with Gasteiger partial charge in [-0.15, -0.1) is 22.7 Å². The van der Waals surface area contributed by atoms with Gasteiger partial charge in [-0.2, -0.15) is 0 Å². The van der Waals surface area contributed by atoms with Crippen molar-refractivity contribution in [2.75, 3.05) is 13.6 Å². The van der Waals surface area contributed by atoms with Gasteiger partial charge in [0.25, 0.3) is 0 Å². The van der Waals surface area contributed by atoms with E-state index in [4.69, 9.17) is 4.74 Å². The fourth-order valence-corrected chi connectivity index (χ4v) is 7.54. The molecule has 54 heavy (non-hydrogen) atoms. The van der Waals surface area contributed by atoms with E-state index in [1.807, 2.05) is 79.9 Å². The molecule has 11 nitrogen and oxygen atoms in total. The highest BCUT2D eigenvalue weighted by Gasteiger charge is 2.31. The van der Waals surface area contributed by atoms with Crippen LogP contribution in [0.3, 0.4) is 0 Å². The van der Waals surface area contributed by atoms with Crippen molar-refractivity contribution in [1.29, 1.82) is 0 Å². The van der Waals surface area contributed by atoms with Crippen molar-refractivity contribution < 1.29 is 24.2 Å². The van der Waals surface area contributed by atoms with Gasteiger partial charge in [0, 0.05) is 49.5 Å². The lowest BCUT2D eigenvalue weighted by atomic mass is 9.93. The van der Waals surface area contributed by atoms with Crippen molar-refractivity contribution in [2.45, 2.75) is 110 Å². The minimum Gasteiger partial charge on any atom is -0.444 e. The molecule has 13 heteroatoms. The van der Waals surface area contributed by atoms with Gasteiger partial charge in [-0.05, 0) is 36.3 Å². The highest BCUT2D eigenvalue weighted by atomic mass is 32.1. The Morgan fingerprint density at radius 2 is 1.48 bits per heavy atom. The third-order valence-electron chi connectivity index (χ3n) is 9.02. The van der Waals surface area contributed by atoms with E-state index in [1.54, 1.807) is 29.5 Å². The molecular formula is C41H56N6O5S2. The molecular weight excluding hydrogens is 721 g/mol. The normalized spacial score (nSPS) is 13.7. The van der Waals surface area contributed by atoms with Crippen molar-refractivity contribution in [3.05, 3.63) is 104 Å². The smallest absolute Gasteiger partial charge is 0.407 e. The Hall–Kier alpha value is -4.33. The quantitative estimate of drug-likeness (QED) is 0.0797. The number of benzene rings is 2. The fraction of sp³-hybridized carbons (Fsp3) is 0.488. The number of ether oxygens (including phenoxy) is 1. The van der Waals surface area contributed by atoms with Crippen LogP contribution >= 0.6 is 22.7 Å². The van der Waals surface area contributed by atoms with Gasteiger partial charge in [0.2, 0.25) is 5.91 Å². The third kappa shape index (κ3) is 13.5. The summed E-state index contributed by atoms with van der Waals surface area (Å²) in [6.07, 6.45) is 1.58. The molecule has 2 heterocycles. The number of nitrogens with one attached hydrogen (secondary N) is 3. The number of aromatic nitrogens is 2. The average Bonchev–Trinajstić information content (AvgIpc) is 3.83. The lowest BCUT2D eigenvalue weighted by Gasteiger charge is -2.31. The number of carbonyl (C=O) groups is 3. The molecule has 0 spiro atoms. The molecule has 0 aliphatic rings. The molecule has 4 aromatic rings. The van der Waals surface area contributed by atoms with Crippen molar-refractivity contribution in [3.63, 3.8) is 0 Å². The Kier molecular flexibility index (Phi) is 16.4. The lowest BCUT2D eigenvalue weighted by Crippen LogP contribution is -2.57. The van der Waals surface area contributed by atoms with Gasteiger partial charge in [-0.1, -0.05) is 102 Å². The minimum absolute atomic E-state index is 0.0882. The number of urea groups is 1. The first kappa shape index (κ1) is 42.4. The van der Waals surface area contributed by atoms with Crippen LogP contribution < -0.4 is 16.0 Å². The molecule has 0 aliphatic carbocycles. The second kappa shape index (κ2) is 20.9. The molecule has 2 aromatic heterocycles. The van der Waals surface area contributed by atoms with Crippen LogP contribution in [0.5, 0.6) is 0 Å². The summed E-state index contributed by atoms with van der Waals surface area (Å²) in [6.45, 7) is 12.6. The summed E-state index contributed by atoms with van der Waals surface area (Å²) >= 11 is 3.13. The Bertz CT molecular complexity index is 1750. The number of likely N-dealkylation sites (N-methyl/N-ethyl adjacent to an activating group) is 1. The fourth-order valence-electron chi connectivity index (χ4n) is 5.84. The number of aliphatic hydroxyl groups is 1. The van der Waals surface area contributed by atoms with Gasteiger partial charge in [-0.3, -0.25) is 4.79 Å². The van der Waals surface area contributed by atoms with Crippen LogP contribution in [-0.2, 0) is 35.4 Å². The van der Waals surface area contributed by atoms with E-state index in [9.17, 15) is 19.5 Å². The van der Waals surface area contributed by atoms with E-state index in [-0.39, 0.29) is 30.9 Å². The number of alkyl carbamates (subject to hydrolysis) is 1. The SMILES string of the molecule is CC(C)c1nc(CCN(C)C(=O)N[C@H](C(=O)N[C@@H](Cc2ccccc2)[C@@H](O)C[C@H](Cc2ccccc2)NC(=O)OCc2cnc(C(C)C)s2)C(C)C)cs1. The Balaban J connectivity index is 1.45. The second-order valence-corrected chi connectivity index (χ2v) is 16.7. The summed E-state index contributed by atoms with van der Waals surface area (Å²) in [7, 11) is 1.70. The van der Waals surface area contributed by atoms with Crippen LogP contribution in [0.25, 0.3) is 0 Å². The van der Waals surface area contributed by atoms with Gasteiger partial charge in [0.05, 0.1) is 32.7 Å². The molecule has 0 radical (unpaired) electrons. The van der Waals surface area contributed by atoms with Crippen molar-refractivity contribution >= 4 is 40.7 Å². The van der Waals surface area contributed by atoms with Crippen LogP contribution in [0.2, 0.25) is 0 Å². The zero-order chi connectivity index (χ0) is 39.2. The largest absolute Gasteiger partial charge is 0.444 e. The molecule has 4 rings (SSSR count). The zero-order valence-corrected chi connectivity index (χ0v) is 34.1. The number of hydrogen-bond donors (Lipinski definition) is 4. The number of rotatable bonds is 19. The van der Waals surface area contributed by atoms with Crippen LogP contribution in [-0.4, -0.2) is 75.8 Å². The number of amides is 4. The predicted molar refractivity (Wildman–Crippen MR) is 216 cm³/mol. The van der Waals surface area contributed by atoms with E-state index >= 15 is 0 Å². The lowest BCUT2D eigenvalue weighted by molar-refractivity contribution is -0.125. The summed E-state index contributed by atoms with van der Waals surface area (Å²) < 4.78 is 5.58. The number of hydrogen-bond acceptors (Lipinski definition) is 9. The van der Waals surface area contributed by atoms with Gasteiger partial charge in [0.1, 0.15) is 12.6 Å². The maximum Gasteiger partial charge on any atom is 0.407 e. The molecule has 4 amide bonds. The number of carbonyl (C=O) groups excluding carboxylic acids is 3. The molecule has 0 aliphatic heterocycles. The zero-order valence-electron chi connectivity index (χ0n) is 32.5. The average molecular weight is 777 g/mol. The first-order valence-electron chi connectivity index (χ1n) is 18.7. The van der Waals surface area contributed by atoms with Crippen molar-refractivity contribution in [3.8, 4) is 0 Å². The third-order valence-corrected chi connectivity index (χ3v) is 11.5. The summed E-state index contributed by atoms with van der Waals surface area (Å²) in [6, 6.07) is 16.9. The van der Waals surface area contributed by atoms with Gasteiger partial charge >= 0.3 is 12.1 Å². The molecule has 0 unspecified atom stereocenters. The van der Waals surface area contributed by atoms with E-state index < -0.39 is 36.2 Å². The molecule has 292 valence electrons. The Morgan fingerprint density at radius 1 is 0.852 bits per heavy atom. The van der Waals surface area contributed by atoms with Gasteiger partial charge < -0.3 is 30.7 Å². The van der Waals surface area contributed by atoms with Crippen molar-refractivity contribution in [2.24, 2.45) is 5.92 Å². The molecule has 0 fully saturated rings. The maximum atomic E-state index is 14.0. The number of aliphatic hydroxyl groups excluding tert-OH is 1. The standard InChI is InChI=1S/C41H56N6O5S2/c1-26(2)36(46-40(50)47(7)19-18-31-25-53-39(43-31)28(5)6)37(49)45-34(21-30-16-12-9-13-17-30)35(48)22-32(20-29-14-10-8-11-15-29)44-41(51)52-24-33-23-42-38(54-33)27(3)4/h8-17,23,25-28,32,34-36,48H,18-22,24H2,1-7H3,(H,44,51)(H,45,49)(H,46,50)/t32-,34-,35-,36-/m0/s1. The molecule has 0 bridgehead atoms. The van der Waals surface area contributed by atoms with E-state index in [0.29, 0.717) is 31.7 Å². The minimum atomic E-state index is -1.06. The highest BCUT2D eigenvalue weighted by molar-refractivity contribution is 7.11. The van der Waals surface area contributed by atoms with Gasteiger partial charge in [-0.25, -0.2) is 19.6 Å². The molecule has 0 saturated carbocycles. The Labute approximate surface area is 328 Å². The first-order valence-corrected chi connectivity index (χ1v) is 20.4. The van der Waals surface area contributed by atoms with E-state index in [2.05, 4.69) is 53.6 Å². The van der Waals surface area contributed by atoms with Crippen molar-refractivity contribution in [1.82, 2.24) is 30.8 Å². The molecule has 4 N–H and O–H groups in total. The van der Waals surface area contributed by atoms with Crippen LogP contribution in [0.15, 0.2) is 72.2 Å². The summed E-state index contributed by atoms with van der Waals surface area (Å²) in [4.78, 5) is 51.9. The van der Waals surface area contributed by atoms with Gasteiger partial charge in [0.15, 0.2) is 0 Å². The van der Waals surface area contributed by atoms with Crippen LogP contribution in [0, 0.1) is 5.92 Å². The number of thiazole rings is 2. The maximum absolute atomic E-state index is 14.0. The topological polar surface area (TPSA) is 146 Å². The predicted octanol–water partition coefficient (Wildman–Crippen LogP) is 7.07.